The van der Waals surface area contributed by atoms with Gasteiger partial charge in [0.25, 0.3) is 5.91 Å². The van der Waals surface area contributed by atoms with Crippen LogP contribution < -0.4 is 11.1 Å². The maximum atomic E-state index is 12.6. The van der Waals surface area contributed by atoms with Gasteiger partial charge in [0.15, 0.2) is 0 Å². The number of piperidine rings is 1. The van der Waals surface area contributed by atoms with Gasteiger partial charge >= 0.3 is 6.03 Å². The van der Waals surface area contributed by atoms with E-state index >= 15 is 0 Å². The Bertz CT molecular complexity index is 505. The summed E-state index contributed by atoms with van der Waals surface area (Å²) in [6.07, 6.45) is 3.56. The molecule has 0 atom stereocenters. The normalized spacial score (nSPS) is 20.1. The first-order valence-corrected chi connectivity index (χ1v) is 9.21. The number of halogens is 1. The topological polar surface area (TPSA) is 105 Å². The van der Waals surface area contributed by atoms with Crippen LogP contribution in [0.25, 0.3) is 0 Å². The van der Waals surface area contributed by atoms with Crippen LogP contribution in [-0.4, -0.2) is 72.1 Å². The van der Waals surface area contributed by atoms with E-state index in [-0.39, 0.29) is 36.9 Å². The van der Waals surface area contributed by atoms with Gasteiger partial charge in [0.05, 0.1) is 6.10 Å². The molecule has 0 radical (unpaired) electrons. The van der Waals surface area contributed by atoms with Crippen molar-refractivity contribution < 1.29 is 19.1 Å². The Morgan fingerprint density at radius 3 is 2.38 bits per heavy atom. The first kappa shape index (κ1) is 22.7. The lowest BCUT2D eigenvalue weighted by molar-refractivity contribution is -0.140. The number of carbonyl (C=O) groups excluding carboxylic acids is 3. The number of hydrogen-bond acceptors (Lipinski definition) is 5. The second kappa shape index (κ2) is 10.1. The zero-order chi connectivity index (χ0) is 18.4. The number of nitrogens with zero attached hydrogens (tertiary/aromatic N) is 2. The number of urea groups is 1. The van der Waals surface area contributed by atoms with Gasteiger partial charge in [0, 0.05) is 19.7 Å². The molecule has 2 heterocycles. The third kappa shape index (κ3) is 4.86. The molecule has 8 nitrogen and oxygen atoms in total. The molecule has 2 saturated heterocycles. The maximum Gasteiger partial charge on any atom is 0.325 e. The molecular formula is C17H31ClN4O4. The molecule has 9 heteroatoms. The van der Waals surface area contributed by atoms with Crippen LogP contribution in [0.1, 0.15) is 46.0 Å². The molecular weight excluding hydrogens is 360 g/mol. The van der Waals surface area contributed by atoms with Crippen molar-refractivity contribution in [1.82, 2.24) is 15.1 Å². The second-order valence-corrected chi connectivity index (χ2v) is 6.70. The van der Waals surface area contributed by atoms with E-state index in [1.165, 1.54) is 0 Å². The predicted octanol–water partition coefficient (Wildman–Crippen LogP) is 0.875. The fourth-order valence-corrected chi connectivity index (χ4v) is 3.39. The Kier molecular flexibility index (Phi) is 8.79. The van der Waals surface area contributed by atoms with E-state index in [4.69, 9.17) is 10.5 Å². The third-order valence-electron chi connectivity index (χ3n) is 5.24. The van der Waals surface area contributed by atoms with Gasteiger partial charge in [-0.2, -0.15) is 0 Å². The first-order chi connectivity index (χ1) is 12.0. The van der Waals surface area contributed by atoms with Gasteiger partial charge < -0.3 is 20.7 Å². The Hall–Kier alpha value is -1.38. The van der Waals surface area contributed by atoms with Gasteiger partial charge in [-0.05, 0) is 38.6 Å². The standard InChI is InChI=1S/C17H30N4O4.ClH/c1-3-17(4-2)15(23)21(16(24)19-17)12-14(22)20-9-6-13(7-10-20)25-11-5-8-18;/h13H,3-12,18H2,1-2H3,(H,19,24);1H. The van der Waals surface area contributed by atoms with Crippen molar-refractivity contribution >= 4 is 30.3 Å². The minimum absolute atomic E-state index is 0. The minimum Gasteiger partial charge on any atom is -0.378 e. The van der Waals surface area contributed by atoms with Gasteiger partial charge in [0.1, 0.15) is 12.1 Å². The van der Waals surface area contributed by atoms with E-state index in [2.05, 4.69) is 5.32 Å². The lowest BCUT2D eigenvalue weighted by atomic mass is 9.93. The largest absolute Gasteiger partial charge is 0.378 e. The smallest absolute Gasteiger partial charge is 0.325 e. The molecule has 0 aromatic rings. The molecule has 150 valence electrons. The molecule has 2 fully saturated rings. The number of carbonyl (C=O) groups is 3. The van der Waals surface area contributed by atoms with Crippen LogP contribution in [0.4, 0.5) is 4.79 Å². The molecule has 0 bridgehead atoms. The lowest BCUT2D eigenvalue weighted by Gasteiger charge is -2.32. The number of amides is 4. The van der Waals surface area contributed by atoms with Crippen molar-refractivity contribution in [3.63, 3.8) is 0 Å². The number of ether oxygens (including phenoxy) is 1. The summed E-state index contributed by atoms with van der Waals surface area (Å²) >= 11 is 0. The van der Waals surface area contributed by atoms with E-state index in [1.807, 2.05) is 13.8 Å². The molecule has 0 unspecified atom stereocenters. The van der Waals surface area contributed by atoms with Crippen molar-refractivity contribution in [2.75, 3.05) is 32.8 Å². The van der Waals surface area contributed by atoms with E-state index in [0.717, 1.165) is 24.2 Å². The van der Waals surface area contributed by atoms with Crippen molar-refractivity contribution in [2.24, 2.45) is 5.73 Å². The van der Waals surface area contributed by atoms with Gasteiger partial charge in [0.2, 0.25) is 5.91 Å². The zero-order valence-corrected chi connectivity index (χ0v) is 16.5. The van der Waals surface area contributed by atoms with Gasteiger partial charge in [-0.1, -0.05) is 13.8 Å². The summed E-state index contributed by atoms with van der Waals surface area (Å²) in [7, 11) is 0. The average Bonchev–Trinajstić information content (AvgIpc) is 2.87. The monoisotopic (exact) mass is 390 g/mol. The van der Waals surface area contributed by atoms with Crippen LogP contribution in [0.3, 0.4) is 0 Å². The summed E-state index contributed by atoms with van der Waals surface area (Å²) in [5.41, 5.74) is 4.59. The SMILES string of the molecule is CCC1(CC)NC(=O)N(CC(=O)N2CCC(OCCCN)CC2)C1=O.Cl. The summed E-state index contributed by atoms with van der Waals surface area (Å²) in [6.45, 7) is 5.97. The minimum atomic E-state index is -0.860. The Morgan fingerprint density at radius 2 is 1.88 bits per heavy atom. The fourth-order valence-electron chi connectivity index (χ4n) is 3.39. The summed E-state index contributed by atoms with van der Waals surface area (Å²) in [4.78, 5) is 39.9. The molecule has 0 aromatic carbocycles. The van der Waals surface area contributed by atoms with E-state index in [1.54, 1.807) is 4.90 Å². The lowest BCUT2D eigenvalue weighted by Crippen LogP contribution is -2.48. The molecule has 3 N–H and O–H groups in total. The summed E-state index contributed by atoms with van der Waals surface area (Å²) < 4.78 is 5.73. The number of nitrogens with two attached hydrogens (primary N) is 1. The maximum absolute atomic E-state index is 12.6. The molecule has 2 aliphatic heterocycles. The molecule has 2 rings (SSSR count). The average molecular weight is 391 g/mol. The van der Waals surface area contributed by atoms with Gasteiger partial charge in [-0.15, -0.1) is 12.4 Å². The van der Waals surface area contributed by atoms with Crippen LogP contribution in [0.2, 0.25) is 0 Å². The fraction of sp³-hybridized carbons (Fsp3) is 0.824. The third-order valence-corrected chi connectivity index (χ3v) is 5.24. The molecule has 0 aliphatic carbocycles. The summed E-state index contributed by atoms with van der Waals surface area (Å²) in [5, 5.41) is 2.75. The number of imide groups is 1. The Morgan fingerprint density at radius 1 is 1.27 bits per heavy atom. The highest BCUT2D eigenvalue weighted by molar-refractivity contribution is 6.08. The molecule has 4 amide bonds. The van der Waals surface area contributed by atoms with Crippen LogP contribution in [0.5, 0.6) is 0 Å². The summed E-state index contributed by atoms with van der Waals surface area (Å²) in [5.74, 6) is -0.484. The molecule has 26 heavy (non-hydrogen) atoms. The van der Waals surface area contributed by atoms with E-state index in [9.17, 15) is 14.4 Å². The number of likely N-dealkylation sites (tertiary alicyclic amines) is 1. The predicted molar refractivity (Wildman–Crippen MR) is 100 cm³/mol. The van der Waals surface area contributed by atoms with Crippen LogP contribution >= 0.6 is 12.4 Å². The Labute approximate surface area is 161 Å². The van der Waals surface area contributed by atoms with Crippen LogP contribution in [0, 0.1) is 0 Å². The highest BCUT2D eigenvalue weighted by Crippen LogP contribution is 2.25. The molecule has 2 aliphatic rings. The highest BCUT2D eigenvalue weighted by Gasteiger charge is 2.49. The van der Waals surface area contributed by atoms with Crippen molar-refractivity contribution in [1.29, 1.82) is 0 Å². The van der Waals surface area contributed by atoms with Crippen LogP contribution in [0.15, 0.2) is 0 Å². The van der Waals surface area contributed by atoms with E-state index in [0.29, 0.717) is 39.1 Å². The first-order valence-electron chi connectivity index (χ1n) is 9.21. The molecule has 0 spiro atoms. The number of rotatable bonds is 8. The van der Waals surface area contributed by atoms with Crippen LogP contribution in [-0.2, 0) is 14.3 Å². The zero-order valence-electron chi connectivity index (χ0n) is 15.7. The van der Waals surface area contributed by atoms with Gasteiger partial charge in [-0.3, -0.25) is 14.5 Å². The van der Waals surface area contributed by atoms with Crippen molar-refractivity contribution in [3.05, 3.63) is 0 Å². The summed E-state index contributed by atoms with van der Waals surface area (Å²) in [6, 6.07) is -0.470. The van der Waals surface area contributed by atoms with Gasteiger partial charge in [-0.25, -0.2) is 4.79 Å². The second-order valence-electron chi connectivity index (χ2n) is 6.70. The van der Waals surface area contributed by atoms with Crippen molar-refractivity contribution in [3.8, 4) is 0 Å². The molecule has 0 aromatic heterocycles. The number of nitrogens with one attached hydrogen (secondary N) is 1. The number of hydrogen-bond donors (Lipinski definition) is 2. The highest BCUT2D eigenvalue weighted by atomic mass is 35.5. The van der Waals surface area contributed by atoms with Crippen molar-refractivity contribution in [2.45, 2.75) is 57.6 Å². The molecule has 0 saturated carbocycles. The Balaban J connectivity index is 0.00000338. The quantitative estimate of drug-likeness (QED) is 0.472. The van der Waals surface area contributed by atoms with E-state index < -0.39 is 11.6 Å².